The highest BCUT2D eigenvalue weighted by Crippen LogP contribution is 2.26. The number of carbonyl (C=O) groups excluding carboxylic acids is 2. The highest BCUT2D eigenvalue weighted by molar-refractivity contribution is 5.70. The molecule has 0 bridgehead atoms. The third-order valence-corrected chi connectivity index (χ3v) is 12.2. The number of unbranched alkanes of at least 4 members (excludes halogenated alkanes) is 21. The Morgan fingerprint density at radius 1 is 0.492 bits per heavy atom. The van der Waals surface area contributed by atoms with Gasteiger partial charge >= 0.3 is 11.9 Å². The summed E-state index contributed by atoms with van der Waals surface area (Å²) in [6.07, 6.45) is 20.6. The smallest absolute Gasteiger partial charge is 0.306 e. The van der Waals surface area contributed by atoms with Crippen LogP contribution >= 0.6 is 0 Å². The van der Waals surface area contributed by atoms with Crippen LogP contribution in [0, 0.1) is 0 Å². The fourth-order valence-corrected chi connectivity index (χ4v) is 7.95. The summed E-state index contributed by atoms with van der Waals surface area (Å²) < 4.78 is 33.5. The van der Waals surface area contributed by atoms with Gasteiger partial charge in [0.15, 0.2) is 18.7 Å². The highest BCUT2D eigenvalue weighted by Gasteiger charge is 2.47. The summed E-state index contributed by atoms with van der Waals surface area (Å²) >= 11 is 0. The monoisotopic (exact) mass is 931 g/mol. The SMILES string of the molecule is CCCCC/C=C/C/C=C/CCCCCCCC(=O)O[C@H](COC(=O)CCCCCCCCCCCCCCCC)CO[C@@H]1O[C@H](CO[C@@H]2O[C@H](CO)[C@H](O)C(O)C2O)[C@H](O)C(O)C1O. The molecule has 380 valence electrons. The molecule has 0 aliphatic carbocycles. The third-order valence-electron chi connectivity index (χ3n) is 12.2. The van der Waals surface area contributed by atoms with Crippen LogP contribution in [0.25, 0.3) is 0 Å². The van der Waals surface area contributed by atoms with Crippen molar-refractivity contribution in [2.45, 2.75) is 255 Å². The van der Waals surface area contributed by atoms with Crippen LogP contribution in [0.4, 0.5) is 0 Å². The van der Waals surface area contributed by atoms with Gasteiger partial charge in [0.05, 0.1) is 19.8 Å². The molecule has 2 rings (SSSR count). The number of aliphatic hydroxyl groups excluding tert-OH is 7. The topological polar surface area (TPSA) is 231 Å². The Morgan fingerprint density at radius 3 is 1.46 bits per heavy atom. The first kappa shape index (κ1) is 59.1. The molecule has 7 N–H and O–H groups in total. The van der Waals surface area contributed by atoms with Crippen molar-refractivity contribution in [3.8, 4) is 0 Å². The Bertz CT molecular complexity index is 1230. The number of carbonyl (C=O) groups is 2. The predicted molar refractivity (Wildman–Crippen MR) is 247 cm³/mol. The molecule has 0 spiro atoms. The van der Waals surface area contributed by atoms with Gasteiger partial charge in [-0.15, -0.1) is 0 Å². The van der Waals surface area contributed by atoms with Crippen molar-refractivity contribution in [2.75, 3.05) is 26.4 Å². The molecule has 0 aromatic rings. The average molecular weight is 931 g/mol. The van der Waals surface area contributed by atoms with E-state index in [9.17, 15) is 45.3 Å². The third kappa shape index (κ3) is 26.4. The van der Waals surface area contributed by atoms with Crippen LogP contribution in [-0.2, 0) is 38.0 Å². The number of hydrogen-bond donors (Lipinski definition) is 7. The second-order valence-electron chi connectivity index (χ2n) is 18.0. The summed E-state index contributed by atoms with van der Waals surface area (Å²) in [5.41, 5.74) is 0. The number of aliphatic hydroxyl groups is 7. The lowest BCUT2D eigenvalue weighted by molar-refractivity contribution is -0.332. The predicted octanol–water partition coefficient (Wildman–Crippen LogP) is 6.77. The Hall–Kier alpha value is -2.02. The zero-order valence-corrected chi connectivity index (χ0v) is 40.0. The summed E-state index contributed by atoms with van der Waals surface area (Å²) in [6.45, 7) is 2.55. The molecule has 0 amide bonds. The minimum atomic E-state index is -1.76. The molecule has 0 aromatic carbocycles. The van der Waals surface area contributed by atoms with Crippen LogP contribution in [0.2, 0.25) is 0 Å². The van der Waals surface area contributed by atoms with Crippen molar-refractivity contribution >= 4 is 11.9 Å². The van der Waals surface area contributed by atoms with Crippen LogP contribution in [0.15, 0.2) is 24.3 Å². The first-order chi connectivity index (χ1) is 31.5. The van der Waals surface area contributed by atoms with Crippen molar-refractivity contribution < 1.29 is 73.8 Å². The van der Waals surface area contributed by atoms with Crippen molar-refractivity contribution in [3.05, 3.63) is 24.3 Å². The van der Waals surface area contributed by atoms with E-state index < -0.39 is 92.7 Å². The molecule has 2 aliphatic rings. The number of hydrogen-bond acceptors (Lipinski definition) is 15. The fourth-order valence-electron chi connectivity index (χ4n) is 7.95. The Balaban J connectivity index is 1.82. The van der Waals surface area contributed by atoms with Gasteiger partial charge < -0.3 is 64.2 Å². The van der Waals surface area contributed by atoms with E-state index in [0.29, 0.717) is 12.8 Å². The van der Waals surface area contributed by atoms with E-state index in [0.717, 1.165) is 64.2 Å². The maximum atomic E-state index is 13.0. The van der Waals surface area contributed by atoms with E-state index in [1.807, 2.05) is 0 Å². The molecule has 11 atom stereocenters. The van der Waals surface area contributed by atoms with E-state index in [1.54, 1.807) is 0 Å². The minimum absolute atomic E-state index is 0.152. The van der Waals surface area contributed by atoms with Crippen LogP contribution < -0.4 is 0 Å². The van der Waals surface area contributed by atoms with E-state index in [4.69, 9.17) is 28.4 Å². The molecule has 0 radical (unpaired) electrons. The van der Waals surface area contributed by atoms with Crippen LogP contribution in [-0.4, -0.2) is 142 Å². The molecule has 65 heavy (non-hydrogen) atoms. The van der Waals surface area contributed by atoms with E-state index >= 15 is 0 Å². The van der Waals surface area contributed by atoms with E-state index in [1.165, 1.54) is 83.5 Å². The van der Waals surface area contributed by atoms with E-state index in [2.05, 4.69) is 38.2 Å². The average Bonchev–Trinajstić information content (AvgIpc) is 3.30. The van der Waals surface area contributed by atoms with Crippen LogP contribution in [0.3, 0.4) is 0 Å². The molecule has 4 unspecified atom stereocenters. The number of allylic oxidation sites excluding steroid dienone is 4. The van der Waals surface area contributed by atoms with Gasteiger partial charge in [-0.2, -0.15) is 0 Å². The zero-order chi connectivity index (χ0) is 47.5. The zero-order valence-electron chi connectivity index (χ0n) is 40.0. The molecule has 0 saturated carbocycles. The maximum Gasteiger partial charge on any atom is 0.306 e. The minimum Gasteiger partial charge on any atom is -0.462 e. The molecule has 15 nitrogen and oxygen atoms in total. The summed E-state index contributed by atoms with van der Waals surface area (Å²) in [7, 11) is 0. The normalized spacial score (nSPS) is 26.5. The van der Waals surface area contributed by atoms with Crippen molar-refractivity contribution in [1.29, 1.82) is 0 Å². The second kappa shape index (κ2) is 37.9. The van der Waals surface area contributed by atoms with Gasteiger partial charge in [0.2, 0.25) is 0 Å². The molecule has 2 aliphatic heterocycles. The Kier molecular flexibility index (Phi) is 34.5. The van der Waals surface area contributed by atoms with Gasteiger partial charge in [0.25, 0.3) is 0 Å². The molecule has 15 heteroatoms. The summed E-state index contributed by atoms with van der Waals surface area (Å²) in [5.74, 6) is -0.935. The van der Waals surface area contributed by atoms with Gasteiger partial charge in [-0.1, -0.05) is 154 Å². The first-order valence-electron chi connectivity index (χ1n) is 25.4. The molecule has 2 saturated heterocycles. The largest absolute Gasteiger partial charge is 0.462 e. The summed E-state index contributed by atoms with van der Waals surface area (Å²) in [6, 6.07) is 0. The summed E-state index contributed by atoms with van der Waals surface area (Å²) in [5, 5.41) is 72.0. The van der Waals surface area contributed by atoms with E-state index in [-0.39, 0.29) is 26.1 Å². The Labute approximate surface area is 390 Å². The fraction of sp³-hybridized carbons (Fsp3) is 0.880. The van der Waals surface area contributed by atoms with Crippen molar-refractivity contribution in [3.63, 3.8) is 0 Å². The molecule has 2 heterocycles. The Morgan fingerprint density at radius 2 is 0.923 bits per heavy atom. The molecule has 2 fully saturated rings. The number of rotatable bonds is 39. The highest BCUT2D eigenvalue weighted by atomic mass is 16.7. The number of ether oxygens (including phenoxy) is 6. The first-order valence-corrected chi connectivity index (χ1v) is 25.4. The lowest BCUT2D eigenvalue weighted by Gasteiger charge is -2.42. The lowest BCUT2D eigenvalue weighted by atomic mass is 9.98. The van der Waals surface area contributed by atoms with Gasteiger partial charge in [0, 0.05) is 12.8 Å². The van der Waals surface area contributed by atoms with Crippen LogP contribution in [0.1, 0.15) is 187 Å². The molecule has 0 aromatic heterocycles. The number of esters is 2. The quantitative estimate of drug-likeness (QED) is 0.0192. The standard InChI is InChI=1S/C50H90O15/c1-3-5-7-9-11-13-15-17-19-21-23-25-27-29-31-33-42(53)63-38(35-60-41(52)32-30-28-26-24-22-20-18-16-14-12-10-8-6-4-2)36-61-49-48(59)46(57)44(55)40(65-49)37-62-50-47(58)45(56)43(54)39(34-51)64-50/h11,13,17,19,38-40,43-51,54-59H,3-10,12,14-16,18,20-37H2,1-2H3/b13-11+,19-17+/t38-,39-,40-,43+,44+,45?,46?,47?,48?,49-,50-/m1/s1. The van der Waals surface area contributed by atoms with Gasteiger partial charge in [-0.3, -0.25) is 9.59 Å². The second-order valence-corrected chi connectivity index (χ2v) is 18.0. The van der Waals surface area contributed by atoms with Gasteiger partial charge in [0.1, 0.15) is 55.4 Å². The molecular weight excluding hydrogens is 841 g/mol. The van der Waals surface area contributed by atoms with Crippen molar-refractivity contribution in [1.82, 2.24) is 0 Å². The van der Waals surface area contributed by atoms with Crippen molar-refractivity contribution in [2.24, 2.45) is 0 Å². The maximum absolute atomic E-state index is 13.0. The molecular formula is C50H90O15. The lowest BCUT2D eigenvalue weighted by Crippen LogP contribution is -2.61. The summed E-state index contributed by atoms with van der Waals surface area (Å²) in [4.78, 5) is 25.7. The van der Waals surface area contributed by atoms with Gasteiger partial charge in [-0.25, -0.2) is 0 Å². The van der Waals surface area contributed by atoms with Crippen LogP contribution in [0.5, 0.6) is 0 Å². The van der Waals surface area contributed by atoms with Gasteiger partial charge in [-0.05, 0) is 44.9 Å².